The van der Waals surface area contributed by atoms with Gasteiger partial charge in [0.25, 0.3) is 0 Å². The number of carbonyl (C=O) groups is 1. The smallest absolute Gasteiger partial charge is 0.213 e. The lowest BCUT2D eigenvalue weighted by atomic mass is 10.2. The Labute approximate surface area is 95.6 Å². The Morgan fingerprint density at radius 1 is 1.53 bits per heavy atom. The number of thiophene rings is 1. The number of thiazole rings is 1. The summed E-state index contributed by atoms with van der Waals surface area (Å²) in [5, 5.41) is 6.27. The van der Waals surface area contributed by atoms with Crippen molar-refractivity contribution >= 4 is 28.5 Å². The summed E-state index contributed by atoms with van der Waals surface area (Å²) >= 11 is 2.94. The number of nitrogens with zero attached hydrogens (tertiary/aromatic N) is 1. The van der Waals surface area contributed by atoms with Crippen LogP contribution in [0.4, 0.5) is 0 Å². The maximum absolute atomic E-state index is 11.9. The zero-order valence-electron chi connectivity index (χ0n) is 8.14. The van der Waals surface area contributed by atoms with Crippen LogP contribution in [0.5, 0.6) is 0 Å². The molecule has 0 aromatic carbocycles. The van der Waals surface area contributed by atoms with Crippen molar-refractivity contribution in [2.24, 2.45) is 5.73 Å². The number of hydrogen-bond acceptors (Lipinski definition) is 5. The van der Waals surface area contributed by atoms with E-state index in [4.69, 9.17) is 5.73 Å². The third-order valence-electron chi connectivity index (χ3n) is 1.93. The van der Waals surface area contributed by atoms with E-state index in [1.54, 1.807) is 11.4 Å². The second-order valence-electron chi connectivity index (χ2n) is 3.20. The molecular weight excluding hydrogens is 228 g/mol. The molecule has 1 unspecified atom stereocenters. The van der Waals surface area contributed by atoms with Crippen LogP contribution < -0.4 is 5.73 Å². The van der Waals surface area contributed by atoms with E-state index < -0.39 is 0 Å². The Kier molecular flexibility index (Phi) is 2.95. The highest BCUT2D eigenvalue weighted by molar-refractivity contribution is 7.10. The fraction of sp³-hybridized carbons (Fsp3) is 0.200. The first-order valence-electron chi connectivity index (χ1n) is 4.46. The van der Waals surface area contributed by atoms with Gasteiger partial charge >= 0.3 is 0 Å². The van der Waals surface area contributed by atoms with Crippen LogP contribution in [0.25, 0.3) is 0 Å². The molecule has 0 spiro atoms. The lowest BCUT2D eigenvalue weighted by Gasteiger charge is -1.96. The minimum Gasteiger partial charge on any atom is -0.322 e. The zero-order chi connectivity index (χ0) is 10.8. The first-order valence-corrected chi connectivity index (χ1v) is 6.28. The van der Waals surface area contributed by atoms with Crippen molar-refractivity contribution in [1.29, 1.82) is 0 Å². The van der Waals surface area contributed by atoms with Crippen molar-refractivity contribution in [3.05, 3.63) is 38.5 Å². The average molecular weight is 238 g/mol. The van der Waals surface area contributed by atoms with Gasteiger partial charge in [0.05, 0.1) is 6.04 Å². The number of nitrogens with two attached hydrogens (primary N) is 1. The van der Waals surface area contributed by atoms with Crippen molar-refractivity contribution in [1.82, 2.24) is 4.98 Å². The van der Waals surface area contributed by atoms with E-state index in [9.17, 15) is 4.79 Å². The summed E-state index contributed by atoms with van der Waals surface area (Å²) in [6.45, 7) is 1.86. The molecule has 0 aliphatic rings. The standard InChI is InChI=1S/C10H10N2OS2/c1-6(11)10-12-8(5-15-10)9(13)7-2-3-14-4-7/h2-6H,11H2,1H3. The maximum atomic E-state index is 11.9. The molecule has 0 bridgehead atoms. The molecule has 2 rings (SSSR count). The molecule has 2 heterocycles. The minimum absolute atomic E-state index is 0.0283. The van der Waals surface area contributed by atoms with E-state index >= 15 is 0 Å². The Morgan fingerprint density at radius 2 is 2.33 bits per heavy atom. The lowest BCUT2D eigenvalue weighted by Crippen LogP contribution is -2.06. The topological polar surface area (TPSA) is 56.0 Å². The zero-order valence-corrected chi connectivity index (χ0v) is 9.77. The molecule has 0 saturated carbocycles. The molecule has 0 fully saturated rings. The fourth-order valence-electron chi connectivity index (χ4n) is 1.14. The summed E-state index contributed by atoms with van der Waals surface area (Å²) < 4.78 is 0. The van der Waals surface area contributed by atoms with E-state index in [0.717, 1.165) is 5.01 Å². The van der Waals surface area contributed by atoms with Gasteiger partial charge in [-0.05, 0) is 18.4 Å². The highest BCUT2D eigenvalue weighted by atomic mass is 32.1. The first-order chi connectivity index (χ1) is 7.18. The highest BCUT2D eigenvalue weighted by Crippen LogP contribution is 2.19. The van der Waals surface area contributed by atoms with Crippen LogP contribution in [0, 0.1) is 0 Å². The van der Waals surface area contributed by atoms with Crippen molar-refractivity contribution in [3.63, 3.8) is 0 Å². The monoisotopic (exact) mass is 238 g/mol. The molecule has 0 radical (unpaired) electrons. The molecule has 2 aromatic rings. The molecular formula is C10H10N2OS2. The van der Waals surface area contributed by atoms with E-state index in [-0.39, 0.29) is 11.8 Å². The summed E-state index contributed by atoms with van der Waals surface area (Å²) in [6.07, 6.45) is 0. The predicted molar refractivity (Wildman–Crippen MR) is 62.5 cm³/mol. The molecule has 1 atom stereocenters. The Morgan fingerprint density at radius 3 is 2.87 bits per heavy atom. The lowest BCUT2D eigenvalue weighted by molar-refractivity contribution is 0.103. The number of aromatic nitrogens is 1. The van der Waals surface area contributed by atoms with Gasteiger partial charge in [0, 0.05) is 16.3 Å². The van der Waals surface area contributed by atoms with Gasteiger partial charge in [-0.15, -0.1) is 11.3 Å². The van der Waals surface area contributed by atoms with Crippen molar-refractivity contribution < 1.29 is 4.79 Å². The van der Waals surface area contributed by atoms with Gasteiger partial charge in [0.1, 0.15) is 10.7 Å². The van der Waals surface area contributed by atoms with Gasteiger partial charge in [0.15, 0.2) is 0 Å². The first kappa shape index (κ1) is 10.5. The van der Waals surface area contributed by atoms with E-state index in [2.05, 4.69) is 4.98 Å². The van der Waals surface area contributed by atoms with E-state index in [0.29, 0.717) is 11.3 Å². The Hall–Kier alpha value is -1.04. The number of hydrogen-bond donors (Lipinski definition) is 1. The van der Waals surface area contributed by atoms with Gasteiger partial charge in [-0.1, -0.05) is 0 Å². The number of rotatable bonds is 3. The summed E-state index contributed by atoms with van der Waals surface area (Å²) in [6, 6.07) is 1.69. The van der Waals surface area contributed by atoms with E-state index in [1.165, 1.54) is 22.7 Å². The summed E-state index contributed by atoms with van der Waals surface area (Å²) in [7, 11) is 0. The van der Waals surface area contributed by atoms with Crippen LogP contribution in [0.15, 0.2) is 22.2 Å². The van der Waals surface area contributed by atoms with Crippen molar-refractivity contribution in [2.75, 3.05) is 0 Å². The molecule has 2 aromatic heterocycles. The molecule has 0 saturated heterocycles. The summed E-state index contributed by atoms with van der Waals surface area (Å²) in [5.74, 6) is -0.0283. The normalized spacial score (nSPS) is 12.7. The van der Waals surface area contributed by atoms with Gasteiger partial charge in [-0.2, -0.15) is 11.3 Å². The van der Waals surface area contributed by atoms with Crippen molar-refractivity contribution in [2.45, 2.75) is 13.0 Å². The molecule has 3 nitrogen and oxygen atoms in total. The van der Waals surface area contributed by atoms with Crippen molar-refractivity contribution in [3.8, 4) is 0 Å². The van der Waals surface area contributed by atoms with Crippen LogP contribution in [0.2, 0.25) is 0 Å². The van der Waals surface area contributed by atoms with Gasteiger partial charge < -0.3 is 5.73 Å². The van der Waals surface area contributed by atoms with Crippen LogP contribution in [0.3, 0.4) is 0 Å². The summed E-state index contributed by atoms with van der Waals surface area (Å²) in [4.78, 5) is 16.1. The van der Waals surface area contributed by atoms with Crippen LogP contribution in [-0.4, -0.2) is 10.8 Å². The fourth-order valence-corrected chi connectivity index (χ4v) is 2.54. The molecule has 0 amide bonds. The molecule has 15 heavy (non-hydrogen) atoms. The third-order valence-corrected chi connectivity index (χ3v) is 3.66. The maximum Gasteiger partial charge on any atom is 0.213 e. The second-order valence-corrected chi connectivity index (χ2v) is 4.87. The van der Waals surface area contributed by atoms with E-state index in [1.807, 2.05) is 17.7 Å². The summed E-state index contributed by atoms with van der Waals surface area (Å²) in [5.41, 5.74) is 6.87. The third kappa shape index (κ3) is 2.14. The quantitative estimate of drug-likeness (QED) is 0.836. The van der Waals surface area contributed by atoms with Gasteiger partial charge in [0.2, 0.25) is 5.78 Å². The largest absolute Gasteiger partial charge is 0.322 e. The average Bonchev–Trinajstić information content (AvgIpc) is 2.88. The predicted octanol–water partition coefficient (Wildman–Crippen LogP) is 2.46. The van der Waals surface area contributed by atoms with Crippen LogP contribution in [-0.2, 0) is 0 Å². The number of ketones is 1. The van der Waals surface area contributed by atoms with Crippen LogP contribution in [0.1, 0.15) is 34.0 Å². The highest BCUT2D eigenvalue weighted by Gasteiger charge is 2.14. The Bertz CT molecular complexity index is 459. The molecule has 5 heteroatoms. The minimum atomic E-state index is -0.112. The second kappa shape index (κ2) is 4.22. The number of carbonyl (C=O) groups excluding carboxylic acids is 1. The molecule has 78 valence electrons. The Balaban J connectivity index is 2.27. The SMILES string of the molecule is CC(N)c1nc(C(=O)c2ccsc2)cs1. The van der Waals surface area contributed by atoms with Gasteiger partial charge in [-0.3, -0.25) is 4.79 Å². The van der Waals surface area contributed by atoms with Gasteiger partial charge in [-0.25, -0.2) is 4.98 Å². The molecule has 0 aliphatic heterocycles. The molecule has 0 aliphatic carbocycles. The molecule has 2 N–H and O–H groups in total. The van der Waals surface area contributed by atoms with Crippen LogP contribution >= 0.6 is 22.7 Å².